The summed E-state index contributed by atoms with van der Waals surface area (Å²) in [5, 5.41) is 0.687. The fraction of sp³-hybridized carbons (Fsp3) is 0.200. The van der Waals surface area contributed by atoms with Crippen LogP contribution in [0.15, 0.2) is 62.5 Å². The molecule has 2 aromatic rings. The third-order valence-corrected chi connectivity index (χ3v) is 4.03. The van der Waals surface area contributed by atoms with Crippen LogP contribution in [-0.2, 0) is 13.0 Å². The lowest BCUT2D eigenvalue weighted by Gasteiger charge is -2.13. The first-order valence-electron chi connectivity index (χ1n) is 6.37. The molecule has 0 aliphatic heterocycles. The highest BCUT2D eigenvalue weighted by Crippen LogP contribution is 2.28. The van der Waals surface area contributed by atoms with E-state index >= 15 is 0 Å². The van der Waals surface area contributed by atoms with Gasteiger partial charge in [-0.15, -0.1) is 6.58 Å². The monoisotopic (exact) mass is 288 g/mol. The molecule has 0 saturated carbocycles. The van der Waals surface area contributed by atoms with Gasteiger partial charge in [-0.05, 0) is 18.6 Å². The smallest absolute Gasteiger partial charge is 0.284 e. The van der Waals surface area contributed by atoms with Gasteiger partial charge in [0.05, 0.1) is 5.03 Å². The second-order valence-electron chi connectivity index (χ2n) is 4.21. The normalized spacial score (nSPS) is 10.4. The molecule has 0 atom stereocenters. The van der Waals surface area contributed by atoms with Crippen LogP contribution >= 0.6 is 11.8 Å². The lowest BCUT2D eigenvalue weighted by molar-refractivity contribution is 0.645. The zero-order valence-electron chi connectivity index (χ0n) is 11.3. The van der Waals surface area contributed by atoms with Gasteiger partial charge in [0.1, 0.15) is 0 Å². The first-order valence-corrected chi connectivity index (χ1v) is 7.18. The van der Waals surface area contributed by atoms with E-state index in [0.717, 1.165) is 4.90 Å². The quantitative estimate of drug-likeness (QED) is 0.679. The Balaban J connectivity index is 2.61. The lowest BCUT2D eigenvalue weighted by atomic mass is 10.2. The van der Waals surface area contributed by atoms with E-state index < -0.39 is 5.69 Å². The summed E-state index contributed by atoms with van der Waals surface area (Å²) in [6.45, 7) is 5.94. The van der Waals surface area contributed by atoms with Gasteiger partial charge in [0, 0.05) is 17.0 Å². The van der Waals surface area contributed by atoms with Crippen LogP contribution in [0.1, 0.15) is 12.5 Å². The molecule has 0 fully saturated rings. The lowest BCUT2D eigenvalue weighted by Crippen LogP contribution is -2.33. The number of rotatable bonds is 5. The molecule has 0 amide bonds. The van der Waals surface area contributed by atoms with Crippen LogP contribution in [-0.4, -0.2) is 9.55 Å². The van der Waals surface area contributed by atoms with Crippen LogP contribution < -0.4 is 11.2 Å². The Morgan fingerprint density at radius 2 is 2.00 bits per heavy atom. The summed E-state index contributed by atoms with van der Waals surface area (Å²) in [6, 6.07) is 9.69. The van der Waals surface area contributed by atoms with Gasteiger partial charge in [-0.3, -0.25) is 14.3 Å². The van der Waals surface area contributed by atoms with Gasteiger partial charge in [0.2, 0.25) is 0 Å². The number of aromatic nitrogens is 2. The summed E-state index contributed by atoms with van der Waals surface area (Å²) in [4.78, 5) is 27.2. The Kier molecular flexibility index (Phi) is 4.63. The van der Waals surface area contributed by atoms with Crippen molar-refractivity contribution in [2.45, 2.75) is 29.8 Å². The molecule has 0 aliphatic carbocycles. The Labute approximate surface area is 121 Å². The molecule has 2 rings (SSSR count). The van der Waals surface area contributed by atoms with Crippen molar-refractivity contribution >= 4 is 11.8 Å². The van der Waals surface area contributed by atoms with E-state index in [-0.39, 0.29) is 5.56 Å². The highest BCUT2D eigenvalue weighted by molar-refractivity contribution is 7.99. The fourth-order valence-corrected chi connectivity index (χ4v) is 3.06. The van der Waals surface area contributed by atoms with Gasteiger partial charge < -0.3 is 0 Å². The zero-order chi connectivity index (χ0) is 14.5. The van der Waals surface area contributed by atoms with E-state index in [1.165, 1.54) is 11.8 Å². The molecule has 20 heavy (non-hydrogen) atoms. The average molecular weight is 288 g/mol. The van der Waals surface area contributed by atoms with E-state index in [2.05, 4.69) is 11.6 Å². The maximum atomic E-state index is 12.0. The van der Waals surface area contributed by atoms with Crippen LogP contribution in [0.25, 0.3) is 0 Å². The molecule has 0 saturated heterocycles. The van der Waals surface area contributed by atoms with Crippen molar-refractivity contribution in [3.8, 4) is 0 Å². The highest BCUT2D eigenvalue weighted by Gasteiger charge is 2.14. The number of aromatic amines is 1. The molecule has 0 bridgehead atoms. The molecule has 1 aromatic carbocycles. The molecular formula is C15H16N2O2S. The van der Waals surface area contributed by atoms with Crippen molar-refractivity contribution in [2.24, 2.45) is 0 Å². The van der Waals surface area contributed by atoms with Gasteiger partial charge >= 0.3 is 5.69 Å². The van der Waals surface area contributed by atoms with Crippen LogP contribution in [0.2, 0.25) is 0 Å². The average Bonchev–Trinajstić information content (AvgIpc) is 2.44. The maximum absolute atomic E-state index is 12.0. The first kappa shape index (κ1) is 14.4. The number of hydrogen-bond acceptors (Lipinski definition) is 3. The van der Waals surface area contributed by atoms with Crippen molar-refractivity contribution in [1.82, 2.24) is 9.55 Å². The summed E-state index contributed by atoms with van der Waals surface area (Å²) < 4.78 is 1.55. The highest BCUT2D eigenvalue weighted by atomic mass is 32.2. The number of hydrogen-bond donors (Lipinski definition) is 1. The molecular weight excluding hydrogens is 272 g/mol. The zero-order valence-corrected chi connectivity index (χ0v) is 12.1. The van der Waals surface area contributed by atoms with E-state index in [1.807, 2.05) is 37.3 Å². The predicted octanol–water partition coefficient (Wildman–Crippen LogP) is 2.44. The summed E-state index contributed by atoms with van der Waals surface area (Å²) in [7, 11) is 0. The van der Waals surface area contributed by atoms with Gasteiger partial charge in [0.25, 0.3) is 5.56 Å². The number of allylic oxidation sites excluding steroid dienone is 1. The minimum Gasteiger partial charge on any atom is -0.284 e. The van der Waals surface area contributed by atoms with E-state index in [9.17, 15) is 9.59 Å². The maximum Gasteiger partial charge on any atom is 0.329 e. The van der Waals surface area contributed by atoms with Crippen LogP contribution in [0, 0.1) is 0 Å². The minimum absolute atomic E-state index is 0.309. The Hall–Kier alpha value is -2.01. The summed E-state index contributed by atoms with van der Waals surface area (Å²) >= 11 is 1.43. The first-order chi connectivity index (χ1) is 9.67. The fourth-order valence-electron chi connectivity index (χ4n) is 1.92. The second kappa shape index (κ2) is 6.43. The molecule has 0 radical (unpaired) electrons. The number of benzene rings is 1. The summed E-state index contributed by atoms with van der Waals surface area (Å²) in [5.41, 5.74) is -0.0814. The number of nitrogens with one attached hydrogen (secondary N) is 1. The SMILES string of the molecule is C=CCn1c(Sc2ccccc2)c(CC)c(=O)[nH]c1=O. The summed E-state index contributed by atoms with van der Waals surface area (Å²) in [6.07, 6.45) is 2.22. The van der Waals surface area contributed by atoms with E-state index in [4.69, 9.17) is 0 Å². The Bertz CT molecular complexity index is 717. The molecule has 5 heteroatoms. The van der Waals surface area contributed by atoms with Crippen LogP contribution in [0.4, 0.5) is 0 Å². The minimum atomic E-state index is -0.398. The Morgan fingerprint density at radius 3 is 2.60 bits per heavy atom. The van der Waals surface area contributed by atoms with Crippen molar-refractivity contribution in [3.63, 3.8) is 0 Å². The third-order valence-electron chi connectivity index (χ3n) is 2.87. The molecule has 4 nitrogen and oxygen atoms in total. The third kappa shape index (κ3) is 2.93. The van der Waals surface area contributed by atoms with Crippen molar-refractivity contribution < 1.29 is 0 Å². The standard InChI is InChI=1S/C15H16N2O2S/c1-3-10-17-14(20-11-8-6-5-7-9-11)12(4-2)13(18)16-15(17)19/h3,5-9H,1,4,10H2,2H3,(H,16,18,19). The van der Waals surface area contributed by atoms with E-state index in [0.29, 0.717) is 23.6 Å². The van der Waals surface area contributed by atoms with Crippen molar-refractivity contribution in [2.75, 3.05) is 0 Å². The van der Waals surface area contributed by atoms with Gasteiger partial charge in [-0.25, -0.2) is 4.79 Å². The largest absolute Gasteiger partial charge is 0.329 e. The number of nitrogens with zero attached hydrogens (tertiary/aromatic N) is 1. The summed E-state index contributed by atoms with van der Waals surface area (Å²) in [5.74, 6) is 0. The molecule has 1 N–H and O–H groups in total. The van der Waals surface area contributed by atoms with Gasteiger partial charge in [-0.2, -0.15) is 0 Å². The molecule has 1 heterocycles. The van der Waals surface area contributed by atoms with Crippen molar-refractivity contribution in [3.05, 3.63) is 69.4 Å². The second-order valence-corrected chi connectivity index (χ2v) is 5.27. The predicted molar refractivity (Wildman–Crippen MR) is 81.5 cm³/mol. The van der Waals surface area contributed by atoms with Gasteiger partial charge in [0.15, 0.2) is 0 Å². The van der Waals surface area contributed by atoms with Crippen LogP contribution in [0.5, 0.6) is 0 Å². The molecule has 104 valence electrons. The number of H-pyrrole nitrogens is 1. The topological polar surface area (TPSA) is 54.9 Å². The van der Waals surface area contributed by atoms with Gasteiger partial charge in [-0.1, -0.05) is 43.0 Å². The van der Waals surface area contributed by atoms with E-state index in [1.54, 1.807) is 10.6 Å². The van der Waals surface area contributed by atoms with Crippen LogP contribution in [0.3, 0.4) is 0 Å². The molecule has 1 aromatic heterocycles. The molecule has 0 spiro atoms. The Morgan fingerprint density at radius 1 is 1.30 bits per heavy atom. The molecule has 0 aliphatic rings. The molecule has 0 unspecified atom stereocenters. The van der Waals surface area contributed by atoms with Crippen molar-refractivity contribution in [1.29, 1.82) is 0 Å².